The molecule has 0 aliphatic heterocycles. The monoisotopic (exact) mass is 336 g/mol. The third-order valence-electron chi connectivity index (χ3n) is 3.46. The van der Waals surface area contributed by atoms with Crippen LogP contribution in [0.1, 0.15) is 47.5 Å². The molecule has 0 saturated carbocycles. The molecule has 0 spiro atoms. The van der Waals surface area contributed by atoms with Gasteiger partial charge in [-0.3, -0.25) is 0 Å². The van der Waals surface area contributed by atoms with Crippen molar-refractivity contribution in [3.63, 3.8) is 0 Å². The molecular weight excluding hydrogens is 296 g/mol. The van der Waals surface area contributed by atoms with Gasteiger partial charge in [0.05, 0.1) is 45.2 Å². The first-order valence-corrected chi connectivity index (χ1v) is 8.85. The van der Waals surface area contributed by atoms with Crippen molar-refractivity contribution in [1.82, 2.24) is 0 Å². The number of hydrogen-bond donors (Lipinski definition) is 0. The van der Waals surface area contributed by atoms with E-state index in [2.05, 4.69) is 20.8 Å². The number of hydrogen-bond acceptors (Lipinski definition) is 5. The second kappa shape index (κ2) is 18.1. The average Bonchev–Trinajstić information content (AvgIpc) is 2.55. The van der Waals surface area contributed by atoms with E-state index < -0.39 is 0 Å². The molecule has 0 atom stereocenters. The van der Waals surface area contributed by atoms with E-state index in [4.69, 9.17) is 23.7 Å². The van der Waals surface area contributed by atoms with Crippen molar-refractivity contribution in [3.05, 3.63) is 0 Å². The van der Waals surface area contributed by atoms with Crippen molar-refractivity contribution >= 4 is 0 Å². The summed E-state index contributed by atoms with van der Waals surface area (Å²) in [4.78, 5) is 0. The molecule has 0 aliphatic rings. The topological polar surface area (TPSA) is 46.2 Å². The van der Waals surface area contributed by atoms with Crippen LogP contribution in [-0.2, 0) is 23.7 Å². The van der Waals surface area contributed by atoms with Gasteiger partial charge in [0.15, 0.2) is 0 Å². The molecule has 0 N–H and O–H groups in total. The fourth-order valence-electron chi connectivity index (χ4n) is 1.78. The summed E-state index contributed by atoms with van der Waals surface area (Å²) in [6.07, 6.45) is 2.21. The van der Waals surface area contributed by atoms with E-state index in [9.17, 15) is 0 Å². The maximum absolute atomic E-state index is 6.02. The maximum Gasteiger partial charge on any atom is 0.0700 e. The lowest BCUT2D eigenvalue weighted by atomic mass is 9.92. The predicted octanol–water partition coefficient (Wildman–Crippen LogP) is 3.55. The van der Waals surface area contributed by atoms with E-state index in [-0.39, 0.29) is 11.5 Å². The molecular formula is C18H40O5. The van der Waals surface area contributed by atoms with Crippen LogP contribution in [0.5, 0.6) is 0 Å². The summed E-state index contributed by atoms with van der Waals surface area (Å²) in [5.41, 5.74) is -0.269. The minimum atomic E-state index is -0.269. The van der Waals surface area contributed by atoms with Crippen molar-refractivity contribution < 1.29 is 23.7 Å². The third kappa shape index (κ3) is 15.1. The standard InChI is InChI=1S/C16H34O5.C2H6/c1-6-7-8-21-16(2,3)15(13-19-11-9-17-4)14-20-12-10-18-5;1-2/h15H,6-14H2,1-5H3;1-2H3. The molecule has 0 aromatic rings. The Morgan fingerprint density at radius 3 is 1.65 bits per heavy atom. The summed E-state index contributed by atoms with van der Waals surface area (Å²) in [5.74, 6) is 0.183. The second-order valence-corrected chi connectivity index (χ2v) is 5.64. The van der Waals surface area contributed by atoms with Gasteiger partial charge >= 0.3 is 0 Å². The molecule has 0 heterocycles. The van der Waals surface area contributed by atoms with Crippen molar-refractivity contribution in [2.24, 2.45) is 5.92 Å². The van der Waals surface area contributed by atoms with Gasteiger partial charge in [-0.1, -0.05) is 27.2 Å². The molecule has 0 aliphatic carbocycles. The molecule has 142 valence electrons. The summed E-state index contributed by atoms with van der Waals surface area (Å²) in [6.45, 7) is 14.8. The maximum atomic E-state index is 6.02. The second-order valence-electron chi connectivity index (χ2n) is 5.64. The van der Waals surface area contributed by atoms with E-state index in [1.54, 1.807) is 14.2 Å². The van der Waals surface area contributed by atoms with Gasteiger partial charge in [-0.2, -0.15) is 0 Å². The molecule has 0 unspecified atom stereocenters. The molecule has 0 bridgehead atoms. The first-order valence-electron chi connectivity index (χ1n) is 8.85. The molecule has 5 nitrogen and oxygen atoms in total. The molecule has 0 saturated heterocycles. The van der Waals surface area contributed by atoms with Gasteiger partial charge in [-0.05, 0) is 20.3 Å². The zero-order valence-corrected chi connectivity index (χ0v) is 16.5. The largest absolute Gasteiger partial charge is 0.382 e. The van der Waals surface area contributed by atoms with E-state index >= 15 is 0 Å². The van der Waals surface area contributed by atoms with Crippen LogP contribution in [0.4, 0.5) is 0 Å². The summed E-state index contributed by atoms with van der Waals surface area (Å²) in [6, 6.07) is 0. The predicted molar refractivity (Wildman–Crippen MR) is 95.2 cm³/mol. The van der Waals surface area contributed by atoms with E-state index in [1.165, 1.54) is 0 Å². The molecule has 0 radical (unpaired) electrons. The summed E-state index contributed by atoms with van der Waals surface area (Å²) in [5, 5.41) is 0. The smallest absolute Gasteiger partial charge is 0.0700 e. The number of rotatable bonds is 15. The Bertz CT molecular complexity index is 209. The number of ether oxygens (including phenoxy) is 5. The lowest BCUT2D eigenvalue weighted by Crippen LogP contribution is -2.41. The number of unbranched alkanes of at least 4 members (excludes halogenated alkanes) is 1. The SMILES string of the molecule is CC.CCCCOC(C)(C)C(COCCOC)COCCOC. The molecule has 0 aromatic carbocycles. The Hall–Kier alpha value is -0.200. The highest BCUT2D eigenvalue weighted by molar-refractivity contribution is 4.79. The third-order valence-corrected chi connectivity index (χ3v) is 3.46. The van der Waals surface area contributed by atoms with Gasteiger partial charge in [-0.25, -0.2) is 0 Å². The molecule has 0 amide bonds. The van der Waals surface area contributed by atoms with Crippen LogP contribution in [0.3, 0.4) is 0 Å². The Labute approximate surface area is 144 Å². The first kappa shape index (κ1) is 25.0. The fraction of sp³-hybridized carbons (Fsp3) is 1.00. The molecule has 5 heteroatoms. The lowest BCUT2D eigenvalue weighted by molar-refractivity contribution is -0.111. The van der Waals surface area contributed by atoms with Gasteiger partial charge in [-0.15, -0.1) is 0 Å². The van der Waals surface area contributed by atoms with Crippen LogP contribution in [0.2, 0.25) is 0 Å². The fourth-order valence-corrected chi connectivity index (χ4v) is 1.78. The number of methoxy groups -OCH3 is 2. The Morgan fingerprint density at radius 1 is 0.783 bits per heavy atom. The molecule has 0 fully saturated rings. The Kier molecular flexibility index (Phi) is 19.8. The minimum absolute atomic E-state index is 0.183. The molecule has 0 rings (SSSR count). The Balaban J connectivity index is 0. The van der Waals surface area contributed by atoms with E-state index in [0.29, 0.717) is 39.6 Å². The first-order chi connectivity index (χ1) is 11.1. The van der Waals surface area contributed by atoms with Crippen LogP contribution >= 0.6 is 0 Å². The minimum Gasteiger partial charge on any atom is -0.382 e. The van der Waals surface area contributed by atoms with Gasteiger partial charge in [0.2, 0.25) is 0 Å². The van der Waals surface area contributed by atoms with Crippen LogP contribution in [0.15, 0.2) is 0 Å². The van der Waals surface area contributed by atoms with Gasteiger partial charge in [0.25, 0.3) is 0 Å². The van der Waals surface area contributed by atoms with E-state index in [0.717, 1.165) is 19.4 Å². The molecule has 23 heavy (non-hydrogen) atoms. The quantitative estimate of drug-likeness (QED) is 0.428. The van der Waals surface area contributed by atoms with Crippen molar-refractivity contribution in [3.8, 4) is 0 Å². The van der Waals surface area contributed by atoms with Crippen LogP contribution < -0.4 is 0 Å². The van der Waals surface area contributed by atoms with Crippen molar-refractivity contribution in [2.45, 2.75) is 53.1 Å². The lowest BCUT2D eigenvalue weighted by Gasteiger charge is -2.34. The highest BCUT2D eigenvalue weighted by atomic mass is 16.5. The average molecular weight is 337 g/mol. The Morgan fingerprint density at radius 2 is 1.26 bits per heavy atom. The molecule has 0 aromatic heterocycles. The van der Waals surface area contributed by atoms with E-state index in [1.807, 2.05) is 13.8 Å². The van der Waals surface area contributed by atoms with Crippen LogP contribution in [0.25, 0.3) is 0 Å². The highest BCUT2D eigenvalue weighted by Crippen LogP contribution is 2.23. The van der Waals surface area contributed by atoms with Crippen molar-refractivity contribution in [1.29, 1.82) is 0 Å². The summed E-state index contributed by atoms with van der Waals surface area (Å²) >= 11 is 0. The normalized spacial score (nSPS) is 11.5. The summed E-state index contributed by atoms with van der Waals surface area (Å²) in [7, 11) is 3.35. The highest BCUT2D eigenvalue weighted by Gasteiger charge is 2.30. The summed E-state index contributed by atoms with van der Waals surface area (Å²) < 4.78 is 27.4. The van der Waals surface area contributed by atoms with Gasteiger partial charge in [0.1, 0.15) is 0 Å². The van der Waals surface area contributed by atoms with Crippen LogP contribution in [0, 0.1) is 5.92 Å². The van der Waals surface area contributed by atoms with Gasteiger partial charge in [0, 0.05) is 26.7 Å². The van der Waals surface area contributed by atoms with Gasteiger partial charge < -0.3 is 23.7 Å². The zero-order valence-electron chi connectivity index (χ0n) is 16.5. The zero-order chi connectivity index (χ0) is 18.0. The van der Waals surface area contributed by atoms with Crippen molar-refractivity contribution in [2.75, 3.05) is 60.5 Å². The van der Waals surface area contributed by atoms with Crippen LogP contribution in [-0.4, -0.2) is 66.1 Å².